The maximum absolute atomic E-state index is 14.2. The molecular formula is C31H34F2N2O. The normalized spacial score (nSPS) is 21.3. The first-order valence-electron chi connectivity index (χ1n) is 13.2. The van der Waals surface area contributed by atoms with Crippen LogP contribution in [-0.2, 0) is 0 Å². The largest absolute Gasteiger partial charge is 0.305 e. The molecule has 5 rings (SSSR count). The van der Waals surface area contributed by atoms with Gasteiger partial charge >= 0.3 is 0 Å². The average Bonchev–Trinajstić information content (AvgIpc) is 2.89. The second-order valence-electron chi connectivity index (χ2n) is 10.3. The lowest BCUT2D eigenvalue weighted by Gasteiger charge is -2.45. The van der Waals surface area contributed by atoms with Crippen LogP contribution in [0, 0.1) is 18.6 Å². The molecule has 1 saturated carbocycles. The molecule has 1 heterocycles. The van der Waals surface area contributed by atoms with Crippen LogP contribution >= 0.6 is 0 Å². The molecule has 0 N–H and O–H groups in total. The Morgan fingerprint density at radius 3 is 2.17 bits per heavy atom. The Labute approximate surface area is 212 Å². The topological polar surface area (TPSA) is 23.6 Å². The first-order chi connectivity index (χ1) is 17.5. The smallest absolute Gasteiger partial charge is 0.258 e. The highest BCUT2D eigenvalue weighted by molar-refractivity contribution is 6.07. The molecule has 2 atom stereocenters. The SMILES string of the molecule is Cc1ccccc1C(=O)N(c1cc(F)cc(F)c1)C1CCN([C@@H]2CCCC[C@@H]2c2ccccc2)CC1. The number of rotatable bonds is 5. The van der Waals surface area contributed by atoms with Crippen LogP contribution < -0.4 is 4.90 Å². The van der Waals surface area contributed by atoms with Crippen molar-refractivity contribution in [1.82, 2.24) is 4.90 Å². The molecule has 3 nitrogen and oxygen atoms in total. The van der Waals surface area contributed by atoms with E-state index in [0.29, 0.717) is 23.2 Å². The van der Waals surface area contributed by atoms with Gasteiger partial charge in [-0.3, -0.25) is 9.69 Å². The van der Waals surface area contributed by atoms with Crippen molar-refractivity contribution in [3.05, 3.63) is 101 Å². The van der Waals surface area contributed by atoms with Gasteiger partial charge in [-0.25, -0.2) is 8.78 Å². The molecule has 2 fully saturated rings. The highest BCUT2D eigenvalue weighted by atomic mass is 19.1. The fourth-order valence-electron chi connectivity index (χ4n) is 6.23. The summed E-state index contributed by atoms with van der Waals surface area (Å²) < 4.78 is 28.4. The van der Waals surface area contributed by atoms with Gasteiger partial charge in [0.05, 0.1) is 5.69 Å². The van der Waals surface area contributed by atoms with E-state index in [1.165, 1.54) is 43.4 Å². The Kier molecular flexibility index (Phi) is 7.47. The first-order valence-corrected chi connectivity index (χ1v) is 13.2. The maximum Gasteiger partial charge on any atom is 0.258 e. The minimum atomic E-state index is -0.669. The summed E-state index contributed by atoms with van der Waals surface area (Å²) in [5, 5.41) is 0. The lowest BCUT2D eigenvalue weighted by Crippen LogP contribution is -2.52. The lowest BCUT2D eigenvalue weighted by atomic mass is 9.78. The summed E-state index contributed by atoms with van der Waals surface area (Å²) in [4.78, 5) is 18.0. The van der Waals surface area contributed by atoms with E-state index in [2.05, 4.69) is 35.2 Å². The van der Waals surface area contributed by atoms with E-state index in [1.54, 1.807) is 11.0 Å². The second-order valence-corrected chi connectivity index (χ2v) is 10.3. The molecule has 3 aromatic carbocycles. The molecule has 0 spiro atoms. The summed E-state index contributed by atoms with van der Waals surface area (Å²) >= 11 is 0. The van der Waals surface area contributed by atoms with Crippen molar-refractivity contribution in [2.24, 2.45) is 0 Å². The molecule has 1 aliphatic carbocycles. The number of halogens is 2. The van der Waals surface area contributed by atoms with Gasteiger partial charge in [-0.15, -0.1) is 0 Å². The van der Waals surface area contributed by atoms with E-state index in [1.807, 2.05) is 25.1 Å². The van der Waals surface area contributed by atoms with E-state index < -0.39 is 11.6 Å². The number of aryl methyl sites for hydroxylation is 1. The number of hydrogen-bond acceptors (Lipinski definition) is 2. The van der Waals surface area contributed by atoms with Gasteiger partial charge < -0.3 is 4.90 Å². The molecule has 3 aromatic rings. The van der Waals surface area contributed by atoms with Gasteiger partial charge in [-0.05, 0) is 67.9 Å². The number of carbonyl (C=O) groups excluding carboxylic acids is 1. The quantitative estimate of drug-likeness (QED) is 0.382. The second kappa shape index (κ2) is 10.9. The van der Waals surface area contributed by atoms with Crippen LogP contribution in [0.4, 0.5) is 14.5 Å². The molecule has 5 heteroatoms. The van der Waals surface area contributed by atoms with Gasteiger partial charge in [0.25, 0.3) is 5.91 Å². The van der Waals surface area contributed by atoms with Crippen molar-refractivity contribution >= 4 is 11.6 Å². The molecule has 1 saturated heterocycles. The van der Waals surface area contributed by atoms with Crippen molar-refractivity contribution in [3.8, 4) is 0 Å². The summed E-state index contributed by atoms with van der Waals surface area (Å²) in [6.07, 6.45) is 6.44. The Morgan fingerprint density at radius 2 is 1.47 bits per heavy atom. The molecule has 188 valence electrons. The minimum Gasteiger partial charge on any atom is -0.305 e. The van der Waals surface area contributed by atoms with Crippen molar-refractivity contribution in [3.63, 3.8) is 0 Å². The number of hydrogen-bond donors (Lipinski definition) is 0. The van der Waals surface area contributed by atoms with Crippen LogP contribution in [0.3, 0.4) is 0 Å². The standard InChI is InChI=1S/C31H34F2N2O/c1-22-9-5-6-12-28(22)31(36)35(27-20-24(32)19-25(33)21-27)26-15-17-34(18-16-26)30-14-8-7-13-29(30)23-10-3-2-4-11-23/h2-6,9-12,19-21,26,29-30H,7-8,13-18H2,1H3/t29-,30-/m1/s1. The molecule has 0 unspecified atom stereocenters. The van der Waals surface area contributed by atoms with Crippen molar-refractivity contribution < 1.29 is 13.6 Å². The van der Waals surface area contributed by atoms with Crippen LogP contribution in [0.2, 0.25) is 0 Å². The van der Waals surface area contributed by atoms with Crippen LogP contribution in [0.15, 0.2) is 72.8 Å². The predicted molar refractivity (Wildman–Crippen MR) is 140 cm³/mol. The zero-order chi connectivity index (χ0) is 25.1. The predicted octanol–water partition coefficient (Wildman–Crippen LogP) is 7.11. The molecule has 1 amide bonds. The number of carbonyl (C=O) groups is 1. The first kappa shape index (κ1) is 24.6. The molecular weight excluding hydrogens is 454 g/mol. The van der Waals surface area contributed by atoms with Crippen LogP contribution in [0.5, 0.6) is 0 Å². The third kappa shape index (κ3) is 5.22. The van der Waals surface area contributed by atoms with Gasteiger partial charge in [0.2, 0.25) is 0 Å². The molecule has 36 heavy (non-hydrogen) atoms. The maximum atomic E-state index is 14.2. The highest BCUT2D eigenvalue weighted by Gasteiger charge is 2.36. The number of benzene rings is 3. The zero-order valence-electron chi connectivity index (χ0n) is 20.9. The zero-order valence-corrected chi connectivity index (χ0v) is 20.9. The van der Waals surface area contributed by atoms with Crippen molar-refractivity contribution in [2.75, 3.05) is 18.0 Å². The fraction of sp³-hybridized carbons (Fsp3) is 0.387. The molecule has 1 aliphatic heterocycles. The molecule has 0 bridgehead atoms. The van der Waals surface area contributed by atoms with Crippen LogP contribution in [0.1, 0.15) is 65.9 Å². The van der Waals surface area contributed by atoms with E-state index in [4.69, 9.17) is 0 Å². The number of likely N-dealkylation sites (tertiary alicyclic amines) is 1. The van der Waals surface area contributed by atoms with Gasteiger partial charge in [-0.2, -0.15) is 0 Å². The van der Waals surface area contributed by atoms with E-state index >= 15 is 0 Å². The van der Waals surface area contributed by atoms with Crippen LogP contribution in [-0.4, -0.2) is 36.0 Å². The van der Waals surface area contributed by atoms with Gasteiger partial charge in [0.15, 0.2) is 0 Å². The Hall–Kier alpha value is -3.05. The third-order valence-electron chi connectivity index (χ3n) is 8.01. The Balaban J connectivity index is 1.38. The molecule has 0 aromatic heterocycles. The van der Waals surface area contributed by atoms with E-state index in [0.717, 1.165) is 37.6 Å². The van der Waals surface area contributed by atoms with Gasteiger partial charge in [0, 0.05) is 36.8 Å². The summed E-state index contributed by atoms with van der Waals surface area (Å²) in [7, 11) is 0. The number of piperidine rings is 1. The van der Waals surface area contributed by atoms with E-state index in [9.17, 15) is 13.6 Å². The molecule has 2 aliphatic rings. The monoisotopic (exact) mass is 488 g/mol. The molecule has 0 radical (unpaired) electrons. The Morgan fingerprint density at radius 1 is 0.833 bits per heavy atom. The van der Waals surface area contributed by atoms with Crippen molar-refractivity contribution in [2.45, 2.75) is 63.5 Å². The highest BCUT2D eigenvalue weighted by Crippen LogP contribution is 2.38. The van der Waals surface area contributed by atoms with Gasteiger partial charge in [-0.1, -0.05) is 61.4 Å². The average molecular weight is 489 g/mol. The summed E-state index contributed by atoms with van der Waals surface area (Å²) in [5.41, 5.74) is 3.13. The van der Waals surface area contributed by atoms with Crippen LogP contribution in [0.25, 0.3) is 0 Å². The number of amides is 1. The fourth-order valence-corrected chi connectivity index (χ4v) is 6.23. The third-order valence-corrected chi connectivity index (χ3v) is 8.01. The number of anilines is 1. The van der Waals surface area contributed by atoms with E-state index in [-0.39, 0.29) is 11.9 Å². The summed E-state index contributed by atoms with van der Waals surface area (Å²) in [6.45, 7) is 3.63. The summed E-state index contributed by atoms with van der Waals surface area (Å²) in [6, 6.07) is 22.0. The minimum absolute atomic E-state index is 0.117. The van der Waals surface area contributed by atoms with Crippen molar-refractivity contribution in [1.29, 1.82) is 0 Å². The summed E-state index contributed by atoms with van der Waals surface area (Å²) in [5.74, 6) is -1.01. The lowest BCUT2D eigenvalue weighted by molar-refractivity contribution is 0.0894. The van der Waals surface area contributed by atoms with Gasteiger partial charge in [0.1, 0.15) is 11.6 Å². The Bertz CT molecular complexity index is 1170. The number of nitrogens with zero attached hydrogens (tertiary/aromatic N) is 2.